The van der Waals surface area contributed by atoms with Gasteiger partial charge in [-0.2, -0.15) is 11.8 Å². The van der Waals surface area contributed by atoms with Crippen molar-refractivity contribution in [2.75, 3.05) is 36.8 Å². The normalized spacial score (nSPS) is 27.3. The number of piperazine rings is 1. The molecule has 0 aromatic carbocycles. The zero-order chi connectivity index (χ0) is 18.6. The average molecular weight is 390 g/mol. The van der Waals surface area contributed by atoms with Crippen LogP contribution in [0.15, 0.2) is 24.4 Å². The van der Waals surface area contributed by atoms with Crippen molar-refractivity contribution in [2.24, 2.45) is 0 Å². The van der Waals surface area contributed by atoms with E-state index in [1.807, 2.05) is 41.1 Å². The maximum Gasteiger partial charge on any atom is 0.315 e. The molecule has 2 N–H and O–H groups in total. The zero-order valence-electron chi connectivity index (χ0n) is 15.5. The molecule has 4 rings (SSSR count). The lowest BCUT2D eigenvalue weighted by atomic mass is 10.0. The topological polar surface area (TPSA) is 77.6 Å². The predicted molar refractivity (Wildman–Crippen MR) is 107 cm³/mol. The number of fused-ring (bicyclic) bond motifs is 1. The summed E-state index contributed by atoms with van der Waals surface area (Å²) in [7, 11) is 0. The molecule has 0 radical (unpaired) electrons. The number of aromatic nitrogens is 1. The van der Waals surface area contributed by atoms with Crippen LogP contribution in [0, 0.1) is 0 Å². The van der Waals surface area contributed by atoms with Crippen molar-refractivity contribution in [2.45, 2.75) is 43.0 Å². The highest BCUT2D eigenvalue weighted by Gasteiger charge is 2.42. The first kappa shape index (κ1) is 18.4. The van der Waals surface area contributed by atoms with Gasteiger partial charge in [-0.05, 0) is 25.0 Å². The highest BCUT2D eigenvalue weighted by Crippen LogP contribution is 2.33. The van der Waals surface area contributed by atoms with E-state index >= 15 is 0 Å². The second kappa shape index (κ2) is 8.37. The predicted octanol–water partition coefficient (Wildman–Crippen LogP) is 1.46. The molecule has 0 unspecified atom stereocenters. The monoisotopic (exact) mass is 389 g/mol. The first-order valence-electron chi connectivity index (χ1n) is 9.83. The molecule has 3 amide bonds. The van der Waals surface area contributed by atoms with Crippen LogP contribution in [0.4, 0.5) is 10.6 Å². The first-order valence-corrected chi connectivity index (χ1v) is 10.9. The molecule has 0 aliphatic carbocycles. The molecule has 27 heavy (non-hydrogen) atoms. The minimum Gasteiger partial charge on any atom is -0.353 e. The van der Waals surface area contributed by atoms with E-state index in [-0.39, 0.29) is 24.0 Å². The molecule has 3 fully saturated rings. The lowest BCUT2D eigenvalue weighted by molar-refractivity contribution is -0.131. The first-order chi connectivity index (χ1) is 13.2. The standard InChI is InChI=1S/C19H27N5O2S/c25-17(24-11-9-23(10-12-24)16-6-3-4-8-20-16)7-2-1-5-15-18-14(13-27-15)21-19(26)22-18/h3-4,6,8,14-15,18H,1-2,5,7,9-13H2,(H2,21,22,26)/t14-,15-,18-/m0/s1. The maximum atomic E-state index is 12.5. The lowest BCUT2D eigenvalue weighted by Crippen LogP contribution is -2.49. The molecule has 8 heteroatoms. The van der Waals surface area contributed by atoms with Gasteiger partial charge in [0, 0.05) is 49.8 Å². The van der Waals surface area contributed by atoms with Crippen LogP contribution in [-0.4, -0.2) is 71.1 Å². The number of amides is 3. The Labute approximate surface area is 164 Å². The van der Waals surface area contributed by atoms with Crippen LogP contribution in [0.2, 0.25) is 0 Å². The third kappa shape index (κ3) is 4.31. The molecule has 146 valence electrons. The van der Waals surface area contributed by atoms with Crippen LogP contribution in [0.3, 0.4) is 0 Å². The minimum atomic E-state index is -0.0321. The van der Waals surface area contributed by atoms with Gasteiger partial charge in [-0.1, -0.05) is 12.5 Å². The molecule has 0 bridgehead atoms. The van der Waals surface area contributed by atoms with E-state index in [0.717, 1.165) is 57.0 Å². The number of pyridine rings is 1. The van der Waals surface area contributed by atoms with Crippen LogP contribution in [-0.2, 0) is 4.79 Å². The van der Waals surface area contributed by atoms with Crippen LogP contribution in [0.25, 0.3) is 0 Å². The molecule has 3 aliphatic heterocycles. The minimum absolute atomic E-state index is 0.0321. The average Bonchev–Trinajstić information content (AvgIpc) is 3.25. The van der Waals surface area contributed by atoms with E-state index in [2.05, 4.69) is 20.5 Å². The highest BCUT2D eigenvalue weighted by atomic mass is 32.2. The summed E-state index contributed by atoms with van der Waals surface area (Å²) in [5, 5.41) is 6.48. The third-order valence-corrected chi connectivity index (χ3v) is 7.18. The van der Waals surface area contributed by atoms with E-state index in [9.17, 15) is 9.59 Å². The number of thioether (sulfide) groups is 1. The maximum absolute atomic E-state index is 12.5. The molecule has 0 saturated carbocycles. The number of carbonyl (C=O) groups excluding carboxylic acids is 2. The van der Waals surface area contributed by atoms with Crippen molar-refractivity contribution in [1.29, 1.82) is 0 Å². The number of urea groups is 1. The Morgan fingerprint density at radius 1 is 1.19 bits per heavy atom. The summed E-state index contributed by atoms with van der Waals surface area (Å²) in [4.78, 5) is 32.5. The van der Waals surface area contributed by atoms with Gasteiger partial charge in [0.2, 0.25) is 5.91 Å². The molecule has 0 spiro atoms. The molecule has 3 aliphatic rings. The molecule has 3 saturated heterocycles. The van der Waals surface area contributed by atoms with E-state index in [1.54, 1.807) is 0 Å². The SMILES string of the molecule is O=C1N[C@H]2[C@H](CS[C@H]2CCCCC(=O)N2CCN(c3ccccn3)CC2)N1. The van der Waals surface area contributed by atoms with Crippen LogP contribution < -0.4 is 15.5 Å². The van der Waals surface area contributed by atoms with Crippen molar-refractivity contribution in [3.8, 4) is 0 Å². The number of nitrogens with one attached hydrogen (secondary N) is 2. The Balaban J connectivity index is 1.14. The van der Waals surface area contributed by atoms with Gasteiger partial charge in [0.05, 0.1) is 12.1 Å². The third-order valence-electron chi connectivity index (χ3n) is 5.67. The van der Waals surface area contributed by atoms with Gasteiger partial charge in [-0.15, -0.1) is 0 Å². The van der Waals surface area contributed by atoms with Crippen molar-refractivity contribution in [3.63, 3.8) is 0 Å². The fourth-order valence-electron chi connectivity index (χ4n) is 4.15. The van der Waals surface area contributed by atoms with Crippen LogP contribution in [0.5, 0.6) is 0 Å². The van der Waals surface area contributed by atoms with Gasteiger partial charge < -0.3 is 20.4 Å². The van der Waals surface area contributed by atoms with Gasteiger partial charge in [0.25, 0.3) is 0 Å². The Morgan fingerprint density at radius 3 is 2.81 bits per heavy atom. The Kier molecular flexibility index (Phi) is 5.71. The summed E-state index contributed by atoms with van der Waals surface area (Å²) in [6.07, 6.45) is 5.46. The number of unbranched alkanes of at least 4 members (excludes halogenated alkanes) is 1. The number of carbonyl (C=O) groups is 2. The zero-order valence-corrected chi connectivity index (χ0v) is 16.3. The lowest BCUT2D eigenvalue weighted by Gasteiger charge is -2.35. The Bertz CT molecular complexity index is 665. The van der Waals surface area contributed by atoms with Gasteiger partial charge in [0.1, 0.15) is 5.82 Å². The summed E-state index contributed by atoms with van der Waals surface area (Å²) >= 11 is 1.94. The summed E-state index contributed by atoms with van der Waals surface area (Å²) in [6.45, 7) is 3.24. The summed E-state index contributed by atoms with van der Waals surface area (Å²) in [5.41, 5.74) is 0. The number of hydrogen-bond acceptors (Lipinski definition) is 5. The number of nitrogens with zero attached hydrogens (tertiary/aromatic N) is 3. The number of rotatable bonds is 6. The van der Waals surface area contributed by atoms with Crippen molar-refractivity contribution < 1.29 is 9.59 Å². The van der Waals surface area contributed by atoms with Gasteiger partial charge in [0.15, 0.2) is 0 Å². The molecular formula is C19H27N5O2S. The van der Waals surface area contributed by atoms with Crippen LogP contribution >= 0.6 is 11.8 Å². The number of anilines is 1. The van der Waals surface area contributed by atoms with Crippen molar-refractivity contribution in [3.05, 3.63) is 24.4 Å². The summed E-state index contributed by atoms with van der Waals surface area (Å²) in [5.74, 6) is 2.25. The van der Waals surface area contributed by atoms with Gasteiger partial charge >= 0.3 is 6.03 Å². The molecule has 1 aromatic heterocycles. The largest absolute Gasteiger partial charge is 0.353 e. The number of hydrogen-bond donors (Lipinski definition) is 2. The van der Waals surface area contributed by atoms with E-state index in [0.29, 0.717) is 11.7 Å². The van der Waals surface area contributed by atoms with E-state index < -0.39 is 0 Å². The van der Waals surface area contributed by atoms with E-state index in [4.69, 9.17) is 0 Å². The van der Waals surface area contributed by atoms with Crippen LogP contribution in [0.1, 0.15) is 25.7 Å². The Morgan fingerprint density at radius 2 is 2.04 bits per heavy atom. The molecule has 3 atom stereocenters. The second-order valence-corrected chi connectivity index (χ2v) is 8.70. The summed E-state index contributed by atoms with van der Waals surface area (Å²) in [6, 6.07) is 6.45. The van der Waals surface area contributed by atoms with E-state index in [1.165, 1.54) is 0 Å². The molecule has 7 nitrogen and oxygen atoms in total. The molecular weight excluding hydrogens is 362 g/mol. The Hall–Kier alpha value is -1.96. The fraction of sp³-hybridized carbons (Fsp3) is 0.632. The highest BCUT2D eigenvalue weighted by molar-refractivity contribution is 8.00. The fourth-order valence-corrected chi connectivity index (χ4v) is 5.69. The quantitative estimate of drug-likeness (QED) is 0.569. The van der Waals surface area contributed by atoms with Gasteiger partial charge in [-0.25, -0.2) is 9.78 Å². The van der Waals surface area contributed by atoms with Gasteiger partial charge in [-0.3, -0.25) is 4.79 Å². The molecule has 4 heterocycles. The summed E-state index contributed by atoms with van der Waals surface area (Å²) < 4.78 is 0. The smallest absolute Gasteiger partial charge is 0.315 e. The second-order valence-electron chi connectivity index (χ2n) is 7.42. The van der Waals surface area contributed by atoms with Crippen molar-refractivity contribution in [1.82, 2.24) is 20.5 Å². The molecule has 1 aromatic rings. The van der Waals surface area contributed by atoms with Crippen molar-refractivity contribution >= 4 is 29.5 Å².